The second kappa shape index (κ2) is 22.4. The summed E-state index contributed by atoms with van der Waals surface area (Å²) in [5.74, 6) is 0. The Balaban J connectivity index is 0.000000146. The molecule has 0 spiro atoms. The van der Waals surface area contributed by atoms with Gasteiger partial charge in [0.25, 0.3) is 0 Å². The van der Waals surface area contributed by atoms with Crippen molar-refractivity contribution < 1.29 is 4.79 Å². The normalized spacial score (nSPS) is 11.2. The lowest BCUT2D eigenvalue weighted by Gasteiger charge is -2.35. The minimum Gasteiger partial charge on any atom is -0.313 e. The van der Waals surface area contributed by atoms with Crippen molar-refractivity contribution >= 4 is 13.5 Å². The Bertz CT molecular complexity index is 2310. The van der Waals surface area contributed by atoms with Crippen LogP contribution in [0, 0.1) is 0 Å². The first kappa shape index (κ1) is 45.7. The number of rotatable bonds is 13. The molecule has 1 nitrogen and oxygen atoms in total. The summed E-state index contributed by atoms with van der Waals surface area (Å²) in [5.41, 5.74) is 10.3. The highest BCUT2D eigenvalue weighted by molar-refractivity contribution is 6.57. The van der Waals surface area contributed by atoms with Crippen LogP contribution in [0.15, 0.2) is 273 Å². The molecule has 0 aliphatic rings. The zero-order valence-corrected chi connectivity index (χ0v) is 37.6. The molecule has 2 radical (unpaired) electrons. The molecule has 0 aliphatic carbocycles. The minimum atomic E-state index is -0.574. The average molecular weight is 841 g/mol. The second-order valence-corrected chi connectivity index (χ2v) is 16.4. The van der Waals surface area contributed by atoms with Crippen LogP contribution in [0.25, 0.3) is 0 Å². The van der Waals surface area contributed by atoms with E-state index in [9.17, 15) is 4.79 Å². The van der Waals surface area contributed by atoms with E-state index in [4.69, 9.17) is 7.85 Å². The first-order valence-corrected chi connectivity index (χ1v) is 22.8. The van der Waals surface area contributed by atoms with Crippen LogP contribution in [0.5, 0.6) is 0 Å². The maximum absolute atomic E-state index is 12.0. The standard InChI is InChI=1S/C21H17BO.2C21H20/c22-20(23)16-21(17-10-4-1-5-11-17,18-12-6-2-7-13-18)19-14-8-3-9-15-19;2*1-2-21(18-12-6-3-7-13-18,19-14-8-4-9-15-19)20-16-10-5-11-17-20/h1-15H,16H2;2*3-17H,2H2,1H3. The summed E-state index contributed by atoms with van der Waals surface area (Å²) in [7, 11) is 5.65. The van der Waals surface area contributed by atoms with Gasteiger partial charge in [0, 0.05) is 17.3 Å². The number of benzene rings is 9. The van der Waals surface area contributed by atoms with E-state index in [1.807, 2.05) is 54.6 Å². The van der Waals surface area contributed by atoms with Crippen molar-refractivity contribution in [1.82, 2.24) is 0 Å². The van der Waals surface area contributed by atoms with E-state index in [2.05, 4.69) is 232 Å². The summed E-state index contributed by atoms with van der Waals surface area (Å²) in [5, 5.41) is 0. The van der Waals surface area contributed by atoms with Crippen molar-refractivity contribution in [3.05, 3.63) is 323 Å². The summed E-state index contributed by atoms with van der Waals surface area (Å²) in [6, 6.07) is 95.2. The van der Waals surface area contributed by atoms with E-state index in [1.165, 1.54) is 33.4 Å². The average Bonchev–Trinajstić information content (AvgIpc) is 3.39. The minimum absolute atomic E-state index is 0.0796. The lowest BCUT2D eigenvalue weighted by atomic mass is 9.65. The number of hydrogen-bond donors (Lipinski definition) is 0. The molecule has 318 valence electrons. The smallest absolute Gasteiger partial charge is 0.167 e. The Labute approximate surface area is 388 Å². The van der Waals surface area contributed by atoms with Gasteiger partial charge in [0.2, 0.25) is 0 Å². The summed E-state index contributed by atoms with van der Waals surface area (Å²) < 4.78 is 0. The molecule has 0 saturated heterocycles. The third-order valence-corrected chi connectivity index (χ3v) is 12.9. The molecule has 0 amide bonds. The maximum atomic E-state index is 12.0. The fourth-order valence-electron chi connectivity index (χ4n) is 9.80. The van der Waals surface area contributed by atoms with Crippen LogP contribution in [0.3, 0.4) is 0 Å². The highest BCUT2D eigenvalue weighted by Gasteiger charge is 2.38. The van der Waals surface area contributed by atoms with Gasteiger partial charge in [-0.2, -0.15) is 0 Å². The van der Waals surface area contributed by atoms with Gasteiger partial charge in [-0.3, -0.25) is 0 Å². The van der Waals surface area contributed by atoms with E-state index < -0.39 is 5.41 Å². The van der Waals surface area contributed by atoms with Crippen LogP contribution in [-0.2, 0) is 21.0 Å². The van der Waals surface area contributed by atoms with E-state index in [1.54, 1.807) is 0 Å². The van der Waals surface area contributed by atoms with Crippen molar-refractivity contribution in [2.24, 2.45) is 0 Å². The van der Waals surface area contributed by atoms with Gasteiger partial charge in [-0.25, -0.2) is 0 Å². The Kier molecular flexibility index (Phi) is 15.7. The molecule has 0 saturated carbocycles. The molecule has 0 N–H and O–H groups in total. The molecule has 0 bridgehead atoms. The van der Waals surface area contributed by atoms with Gasteiger partial charge in [0.05, 0.1) is 11.1 Å². The largest absolute Gasteiger partial charge is 0.313 e. The molecule has 0 aromatic heterocycles. The van der Waals surface area contributed by atoms with E-state index >= 15 is 0 Å². The van der Waals surface area contributed by atoms with Crippen LogP contribution in [0.2, 0.25) is 0 Å². The number of carbonyl (C=O) groups is 1. The second-order valence-electron chi connectivity index (χ2n) is 16.4. The van der Waals surface area contributed by atoms with Crippen molar-refractivity contribution in [2.75, 3.05) is 0 Å². The first-order valence-electron chi connectivity index (χ1n) is 22.8. The molecule has 9 aromatic carbocycles. The molecule has 2 heteroatoms. The van der Waals surface area contributed by atoms with E-state index in [0.717, 1.165) is 29.5 Å². The molecule has 0 fully saturated rings. The predicted octanol–water partition coefficient (Wildman–Crippen LogP) is 15.0. The Morgan fingerprint density at radius 3 is 0.538 bits per heavy atom. The van der Waals surface area contributed by atoms with Crippen molar-refractivity contribution in [3.8, 4) is 0 Å². The van der Waals surface area contributed by atoms with Gasteiger partial charge in [0.1, 0.15) is 0 Å². The monoisotopic (exact) mass is 840 g/mol. The van der Waals surface area contributed by atoms with Gasteiger partial charge < -0.3 is 4.79 Å². The quantitative estimate of drug-likeness (QED) is 0.0835. The molecule has 0 aliphatic heterocycles. The van der Waals surface area contributed by atoms with Crippen LogP contribution in [-0.4, -0.2) is 13.5 Å². The topological polar surface area (TPSA) is 17.1 Å². The van der Waals surface area contributed by atoms with Crippen LogP contribution < -0.4 is 0 Å². The zero-order valence-electron chi connectivity index (χ0n) is 37.6. The molecular weight excluding hydrogens is 784 g/mol. The summed E-state index contributed by atoms with van der Waals surface area (Å²) in [6.07, 6.45) is 2.29. The molecule has 9 aromatic rings. The molecule has 0 atom stereocenters. The molecule has 9 rings (SSSR count). The molecule has 0 heterocycles. The number of carbonyl (C=O) groups excluding carboxylic acids is 1. The van der Waals surface area contributed by atoms with E-state index in [-0.39, 0.29) is 22.9 Å². The fraction of sp³-hybridized carbons (Fsp3) is 0.127. The van der Waals surface area contributed by atoms with Crippen LogP contribution >= 0.6 is 0 Å². The first-order chi connectivity index (χ1) is 32.0. The summed E-state index contributed by atoms with van der Waals surface area (Å²) >= 11 is 0. The van der Waals surface area contributed by atoms with Gasteiger partial charge in [-0.15, -0.1) is 0 Å². The number of hydrogen-bond acceptors (Lipinski definition) is 1. The summed E-state index contributed by atoms with van der Waals surface area (Å²) in [6.45, 7) is 4.54. The lowest BCUT2D eigenvalue weighted by molar-refractivity contribution is -0.112. The van der Waals surface area contributed by atoms with Gasteiger partial charge in [0.15, 0.2) is 7.85 Å². The van der Waals surface area contributed by atoms with Gasteiger partial charge in [-0.1, -0.05) is 287 Å². The third kappa shape index (κ3) is 10.1. The highest BCUT2D eigenvalue weighted by Crippen LogP contribution is 2.44. The van der Waals surface area contributed by atoms with Gasteiger partial charge >= 0.3 is 0 Å². The molecular formula is C63H57BO. The zero-order chi connectivity index (χ0) is 45.2. The fourth-order valence-corrected chi connectivity index (χ4v) is 9.80. The molecule has 65 heavy (non-hydrogen) atoms. The maximum Gasteiger partial charge on any atom is 0.167 e. The summed E-state index contributed by atoms with van der Waals surface area (Å²) in [4.78, 5) is 12.0. The van der Waals surface area contributed by atoms with Crippen molar-refractivity contribution in [2.45, 2.75) is 49.4 Å². The Morgan fingerprint density at radius 2 is 0.415 bits per heavy atom. The van der Waals surface area contributed by atoms with E-state index in [0.29, 0.717) is 0 Å². The highest BCUT2D eigenvalue weighted by atomic mass is 16.1. The Morgan fingerprint density at radius 1 is 0.277 bits per heavy atom. The lowest BCUT2D eigenvalue weighted by Crippen LogP contribution is -2.32. The van der Waals surface area contributed by atoms with Crippen LogP contribution in [0.4, 0.5) is 0 Å². The van der Waals surface area contributed by atoms with Crippen LogP contribution in [0.1, 0.15) is 83.2 Å². The third-order valence-electron chi connectivity index (χ3n) is 12.9. The Hall–Kier alpha value is -7.29. The molecule has 0 unspecified atom stereocenters. The van der Waals surface area contributed by atoms with Gasteiger partial charge in [-0.05, 0) is 62.9 Å². The van der Waals surface area contributed by atoms with Crippen molar-refractivity contribution in [3.63, 3.8) is 0 Å². The van der Waals surface area contributed by atoms with Crippen molar-refractivity contribution in [1.29, 1.82) is 0 Å². The predicted molar refractivity (Wildman–Crippen MR) is 274 cm³/mol. The SMILES string of the molecule is CCC(c1ccccc1)(c1ccccc1)c1ccccc1.CCC(c1ccccc1)(c1ccccc1)c1ccccc1.[B]C(=O)CC(c1ccccc1)(c1ccccc1)c1ccccc1.